The number of rotatable bonds is 6. The molecule has 10 heteroatoms. The van der Waals surface area contributed by atoms with Gasteiger partial charge < -0.3 is 5.32 Å². The lowest BCUT2D eigenvalue weighted by Crippen LogP contribution is -2.48. The van der Waals surface area contributed by atoms with Crippen LogP contribution in [0.25, 0.3) is 10.6 Å². The number of anilines is 1. The van der Waals surface area contributed by atoms with E-state index in [0.717, 1.165) is 42.0 Å². The number of benzene rings is 2. The summed E-state index contributed by atoms with van der Waals surface area (Å²) in [6.45, 7) is 3.55. The molecule has 174 valence electrons. The highest BCUT2D eigenvalue weighted by Gasteiger charge is 2.34. The molecule has 0 radical (unpaired) electrons. The number of aromatic nitrogens is 1. The maximum absolute atomic E-state index is 13.2. The predicted octanol–water partition coefficient (Wildman–Crippen LogP) is 5.24. The van der Waals surface area contributed by atoms with Gasteiger partial charge in [-0.3, -0.25) is 14.6 Å². The van der Waals surface area contributed by atoms with Crippen LogP contribution in [0.2, 0.25) is 5.02 Å². The van der Waals surface area contributed by atoms with Crippen LogP contribution in [0.1, 0.15) is 11.3 Å². The number of carbonyl (C=O) groups is 1. The molecule has 1 aromatic heterocycles. The Morgan fingerprint density at radius 3 is 2.45 bits per heavy atom. The Bertz CT molecular complexity index is 1100. The number of halogens is 4. The summed E-state index contributed by atoms with van der Waals surface area (Å²) in [4.78, 5) is 21.3. The molecular weight excluding hydrogens is 473 g/mol. The normalized spacial score (nSPS) is 15.5. The lowest BCUT2D eigenvalue weighted by atomic mass is 10.1. The summed E-state index contributed by atoms with van der Waals surface area (Å²) in [5.41, 5.74) is 0.867. The van der Waals surface area contributed by atoms with Crippen LogP contribution in [0.4, 0.5) is 18.9 Å². The Kier molecular flexibility index (Phi) is 7.33. The zero-order valence-electron chi connectivity index (χ0n) is 17.6. The van der Waals surface area contributed by atoms with Crippen LogP contribution in [-0.2, 0) is 17.5 Å². The lowest BCUT2D eigenvalue weighted by molar-refractivity contribution is -0.137. The van der Waals surface area contributed by atoms with Gasteiger partial charge in [0.15, 0.2) is 0 Å². The first-order valence-electron chi connectivity index (χ1n) is 10.4. The molecule has 0 saturated carbocycles. The number of carbonyl (C=O) groups excluding carboxylic acids is 1. The van der Waals surface area contributed by atoms with Crippen LogP contribution in [0.3, 0.4) is 0 Å². The molecule has 0 spiro atoms. The van der Waals surface area contributed by atoms with Crippen molar-refractivity contribution in [2.24, 2.45) is 0 Å². The first-order chi connectivity index (χ1) is 15.8. The summed E-state index contributed by atoms with van der Waals surface area (Å²) >= 11 is 7.31. The van der Waals surface area contributed by atoms with Crippen molar-refractivity contribution >= 4 is 34.5 Å². The van der Waals surface area contributed by atoms with Gasteiger partial charge in [-0.1, -0.05) is 41.9 Å². The standard InChI is InChI=1S/C23H22ClF3N4OS/c24-17-6-7-20(19(12-17)23(25,26)27)29-21(32)14-31-10-8-30(9-11-31)13-18-15-33-22(28-18)16-4-2-1-3-5-16/h1-7,12,15H,8-11,13-14H2,(H,29,32). The Labute approximate surface area is 198 Å². The van der Waals surface area contributed by atoms with Crippen molar-refractivity contribution in [1.82, 2.24) is 14.8 Å². The minimum atomic E-state index is -4.60. The van der Waals surface area contributed by atoms with Gasteiger partial charge in [-0.25, -0.2) is 4.98 Å². The molecule has 1 N–H and O–H groups in total. The van der Waals surface area contributed by atoms with E-state index in [-0.39, 0.29) is 17.3 Å². The average Bonchev–Trinajstić information content (AvgIpc) is 3.25. The molecule has 1 fully saturated rings. The Balaban J connectivity index is 1.27. The molecule has 0 unspecified atom stereocenters. The van der Waals surface area contributed by atoms with Crippen molar-refractivity contribution in [1.29, 1.82) is 0 Å². The monoisotopic (exact) mass is 494 g/mol. The maximum atomic E-state index is 13.2. The van der Waals surface area contributed by atoms with Crippen molar-refractivity contribution < 1.29 is 18.0 Å². The number of hydrogen-bond donors (Lipinski definition) is 1. The highest BCUT2D eigenvalue weighted by atomic mass is 35.5. The second-order valence-corrected chi connectivity index (χ2v) is 9.09. The van der Waals surface area contributed by atoms with E-state index in [1.165, 1.54) is 12.1 Å². The topological polar surface area (TPSA) is 48.5 Å². The van der Waals surface area contributed by atoms with Gasteiger partial charge in [0.2, 0.25) is 5.91 Å². The van der Waals surface area contributed by atoms with E-state index in [0.29, 0.717) is 13.1 Å². The third-order valence-corrected chi connectivity index (χ3v) is 6.53. The Hall–Kier alpha value is -2.46. The van der Waals surface area contributed by atoms with Crippen molar-refractivity contribution in [3.8, 4) is 10.6 Å². The number of nitrogens with zero attached hydrogens (tertiary/aromatic N) is 3. The minimum absolute atomic E-state index is 0.0304. The summed E-state index contributed by atoms with van der Waals surface area (Å²) in [5.74, 6) is -0.483. The van der Waals surface area contributed by atoms with Gasteiger partial charge >= 0.3 is 6.18 Å². The summed E-state index contributed by atoms with van der Waals surface area (Å²) in [6.07, 6.45) is -4.60. The second-order valence-electron chi connectivity index (χ2n) is 7.80. The fraction of sp³-hybridized carbons (Fsp3) is 0.304. The van der Waals surface area contributed by atoms with Crippen molar-refractivity contribution in [3.63, 3.8) is 0 Å². The highest BCUT2D eigenvalue weighted by molar-refractivity contribution is 7.13. The molecule has 33 heavy (non-hydrogen) atoms. The third kappa shape index (κ3) is 6.32. The van der Waals surface area contributed by atoms with Gasteiger partial charge in [0, 0.05) is 48.7 Å². The Morgan fingerprint density at radius 1 is 1.06 bits per heavy atom. The van der Waals surface area contributed by atoms with Gasteiger partial charge in [-0.05, 0) is 18.2 Å². The van der Waals surface area contributed by atoms with Gasteiger partial charge in [0.05, 0.1) is 23.5 Å². The smallest absolute Gasteiger partial charge is 0.324 e. The van der Waals surface area contributed by atoms with Crippen LogP contribution in [-0.4, -0.2) is 53.4 Å². The molecule has 2 heterocycles. The molecule has 0 bridgehead atoms. The molecule has 1 aliphatic rings. The molecule has 4 rings (SSSR count). The first kappa shape index (κ1) is 23.7. The summed E-state index contributed by atoms with van der Waals surface area (Å²) in [7, 11) is 0. The number of amides is 1. The fourth-order valence-corrected chi connectivity index (χ4v) is 4.67. The molecule has 0 atom stereocenters. The lowest BCUT2D eigenvalue weighted by Gasteiger charge is -2.33. The number of hydrogen-bond acceptors (Lipinski definition) is 5. The van der Waals surface area contributed by atoms with Crippen molar-refractivity contribution in [2.45, 2.75) is 12.7 Å². The molecular formula is C23H22ClF3N4OS. The average molecular weight is 495 g/mol. The zero-order chi connectivity index (χ0) is 23.4. The largest absolute Gasteiger partial charge is 0.418 e. The van der Waals surface area contributed by atoms with Crippen molar-refractivity contribution in [2.75, 3.05) is 38.0 Å². The third-order valence-electron chi connectivity index (χ3n) is 5.35. The maximum Gasteiger partial charge on any atom is 0.418 e. The van der Waals surface area contributed by atoms with Crippen molar-refractivity contribution in [3.05, 3.63) is 70.2 Å². The molecule has 5 nitrogen and oxygen atoms in total. The van der Waals surface area contributed by atoms with E-state index in [9.17, 15) is 18.0 Å². The van der Waals surface area contributed by atoms with Crippen LogP contribution >= 0.6 is 22.9 Å². The number of nitrogens with one attached hydrogen (secondary N) is 1. The van der Waals surface area contributed by atoms with E-state index in [1.54, 1.807) is 11.3 Å². The molecule has 1 saturated heterocycles. The fourth-order valence-electron chi connectivity index (χ4n) is 3.68. The van der Waals surface area contributed by atoms with E-state index < -0.39 is 17.6 Å². The van der Waals surface area contributed by atoms with Crippen LogP contribution in [0, 0.1) is 0 Å². The van der Waals surface area contributed by atoms with Crippen LogP contribution in [0.15, 0.2) is 53.9 Å². The number of thiazole rings is 1. The molecule has 2 aromatic carbocycles. The van der Waals surface area contributed by atoms with E-state index >= 15 is 0 Å². The van der Waals surface area contributed by atoms with Crippen LogP contribution < -0.4 is 5.32 Å². The second kappa shape index (κ2) is 10.2. The van der Waals surface area contributed by atoms with E-state index in [1.807, 2.05) is 35.2 Å². The van der Waals surface area contributed by atoms with Gasteiger partial charge in [0.1, 0.15) is 5.01 Å². The zero-order valence-corrected chi connectivity index (χ0v) is 19.2. The quantitative estimate of drug-likeness (QED) is 0.509. The number of piperazine rings is 1. The first-order valence-corrected chi connectivity index (χ1v) is 11.6. The van der Waals surface area contributed by atoms with Gasteiger partial charge in [0.25, 0.3) is 0 Å². The molecule has 3 aromatic rings. The molecule has 1 amide bonds. The van der Waals surface area contributed by atoms with E-state index in [4.69, 9.17) is 16.6 Å². The SMILES string of the molecule is O=C(CN1CCN(Cc2csc(-c3ccccc3)n2)CC1)Nc1ccc(Cl)cc1C(F)(F)F. The van der Waals surface area contributed by atoms with Gasteiger partial charge in [-0.15, -0.1) is 11.3 Å². The summed E-state index contributed by atoms with van der Waals surface area (Å²) < 4.78 is 39.7. The van der Waals surface area contributed by atoms with Crippen LogP contribution in [0.5, 0.6) is 0 Å². The number of alkyl halides is 3. The minimum Gasteiger partial charge on any atom is -0.324 e. The summed E-state index contributed by atoms with van der Waals surface area (Å²) in [6, 6.07) is 13.3. The molecule has 0 aliphatic carbocycles. The van der Waals surface area contributed by atoms with E-state index in [2.05, 4.69) is 15.6 Å². The highest BCUT2D eigenvalue weighted by Crippen LogP contribution is 2.36. The van der Waals surface area contributed by atoms with Gasteiger partial charge in [-0.2, -0.15) is 13.2 Å². The Morgan fingerprint density at radius 2 is 1.76 bits per heavy atom. The molecule has 1 aliphatic heterocycles. The predicted molar refractivity (Wildman–Crippen MR) is 124 cm³/mol. The summed E-state index contributed by atoms with van der Waals surface area (Å²) in [5, 5.41) is 5.39.